The van der Waals surface area contributed by atoms with E-state index < -0.39 is 0 Å². The maximum absolute atomic E-state index is 5.65. The van der Waals surface area contributed by atoms with Crippen LogP contribution in [-0.2, 0) is 5.41 Å². The molecule has 0 saturated carbocycles. The molecule has 0 spiro atoms. The van der Waals surface area contributed by atoms with Crippen molar-refractivity contribution in [2.45, 2.75) is 33.1 Å². The van der Waals surface area contributed by atoms with E-state index in [0.29, 0.717) is 17.2 Å². The van der Waals surface area contributed by atoms with E-state index in [1.54, 1.807) is 10.9 Å². The van der Waals surface area contributed by atoms with Crippen LogP contribution < -0.4 is 4.74 Å². The molecule has 3 rings (SSSR count). The number of hydrogen-bond donors (Lipinski definition) is 1. The predicted molar refractivity (Wildman–Crippen MR) is 112 cm³/mol. The summed E-state index contributed by atoms with van der Waals surface area (Å²) in [4.78, 5) is 0. The van der Waals surface area contributed by atoms with Gasteiger partial charge in [0, 0.05) is 11.1 Å². The van der Waals surface area contributed by atoms with E-state index in [-0.39, 0.29) is 5.41 Å². The lowest BCUT2D eigenvalue weighted by molar-refractivity contribution is 0.340. The fraction of sp³-hybridized carbons (Fsp3) is 0.286. The minimum atomic E-state index is 0.102. The van der Waals surface area contributed by atoms with Crippen LogP contribution in [0.15, 0.2) is 53.6 Å². The van der Waals surface area contributed by atoms with Gasteiger partial charge in [-0.3, -0.25) is 0 Å². The van der Waals surface area contributed by atoms with Gasteiger partial charge in [0.25, 0.3) is 0 Å². The average Bonchev–Trinajstić information content (AvgIpc) is 3.01. The maximum atomic E-state index is 5.65. The van der Waals surface area contributed by atoms with E-state index in [0.717, 1.165) is 16.9 Å². The fourth-order valence-corrected chi connectivity index (χ4v) is 2.88. The summed E-state index contributed by atoms with van der Waals surface area (Å²) in [5, 5.41) is 11.7. The molecule has 2 aromatic carbocycles. The number of nitrogens with zero attached hydrogens (tertiary/aromatic N) is 3. The number of H-pyrrole nitrogens is 1. The molecule has 0 aliphatic rings. The van der Waals surface area contributed by atoms with E-state index in [1.807, 2.05) is 43.3 Å². The third-order valence-electron chi connectivity index (χ3n) is 4.19. The summed E-state index contributed by atoms with van der Waals surface area (Å²) in [5.74, 6) is 1.46. The summed E-state index contributed by atoms with van der Waals surface area (Å²) in [5.41, 5.74) is 3.20. The number of benzene rings is 2. The maximum Gasteiger partial charge on any atom is 0.216 e. The fourth-order valence-electron chi connectivity index (χ4n) is 2.70. The second-order valence-electron chi connectivity index (χ2n) is 7.21. The van der Waals surface area contributed by atoms with Crippen LogP contribution in [0.5, 0.6) is 5.75 Å². The summed E-state index contributed by atoms with van der Waals surface area (Å²) in [6, 6.07) is 16.1. The highest BCUT2D eigenvalue weighted by atomic mass is 32.1. The molecular formula is C21H24N4OS. The van der Waals surface area contributed by atoms with Gasteiger partial charge in [0.1, 0.15) is 5.75 Å². The molecule has 27 heavy (non-hydrogen) atoms. The molecule has 0 saturated heterocycles. The van der Waals surface area contributed by atoms with E-state index >= 15 is 0 Å². The van der Waals surface area contributed by atoms with Gasteiger partial charge in [-0.15, -0.1) is 0 Å². The average molecular weight is 381 g/mol. The van der Waals surface area contributed by atoms with Gasteiger partial charge in [-0.1, -0.05) is 57.2 Å². The largest absolute Gasteiger partial charge is 0.493 e. The zero-order valence-electron chi connectivity index (χ0n) is 16.1. The lowest BCUT2D eigenvalue weighted by Gasteiger charge is -2.18. The van der Waals surface area contributed by atoms with Crippen molar-refractivity contribution in [3.63, 3.8) is 0 Å². The Morgan fingerprint density at radius 1 is 1.15 bits per heavy atom. The van der Waals surface area contributed by atoms with E-state index in [2.05, 4.69) is 48.2 Å². The standard InChI is InChI=1S/C21H24N4OS/c1-5-26-18-9-7-6-8-16(18)14-22-25-19(23-24-20(25)27)15-10-12-17(13-11-15)21(2,3)4/h6-14H,5H2,1-4H3,(H,24,27). The van der Waals surface area contributed by atoms with Gasteiger partial charge >= 0.3 is 0 Å². The first kappa shape index (κ1) is 19.0. The molecule has 0 radical (unpaired) electrons. The molecule has 0 atom stereocenters. The molecule has 5 nitrogen and oxygen atoms in total. The number of ether oxygens (including phenoxy) is 1. The Morgan fingerprint density at radius 2 is 1.85 bits per heavy atom. The van der Waals surface area contributed by atoms with Crippen LogP contribution in [0.1, 0.15) is 38.8 Å². The van der Waals surface area contributed by atoms with Crippen LogP contribution in [0.4, 0.5) is 0 Å². The van der Waals surface area contributed by atoms with Crippen molar-refractivity contribution < 1.29 is 4.74 Å². The molecule has 0 aliphatic heterocycles. The van der Waals surface area contributed by atoms with Crippen molar-refractivity contribution in [2.24, 2.45) is 5.10 Å². The molecule has 0 amide bonds. The zero-order chi connectivity index (χ0) is 19.4. The summed E-state index contributed by atoms with van der Waals surface area (Å²) >= 11 is 5.36. The number of hydrogen-bond acceptors (Lipinski definition) is 4. The Kier molecular flexibility index (Phi) is 5.56. The summed E-state index contributed by atoms with van der Waals surface area (Å²) < 4.78 is 7.72. The highest BCUT2D eigenvalue weighted by Crippen LogP contribution is 2.25. The molecule has 1 heterocycles. The smallest absolute Gasteiger partial charge is 0.216 e. The molecule has 0 unspecified atom stereocenters. The molecule has 0 fully saturated rings. The van der Waals surface area contributed by atoms with Gasteiger partial charge < -0.3 is 4.74 Å². The molecule has 0 aliphatic carbocycles. The van der Waals surface area contributed by atoms with Gasteiger partial charge in [-0.05, 0) is 42.3 Å². The number of aromatic nitrogens is 3. The highest BCUT2D eigenvalue weighted by Gasteiger charge is 2.14. The topological polar surface area (TPSA) is 55.2 Å². The Morgan fingerprint density at radius 3 is 2.52 bits per heavy atom. The zero-order valence-corrected chi connectivity index (χ0v) is 16.9. The Balaban J connectivity index is 1.95. The second-order valence-corrected chi connectivity index (χ2v) is 7.59. The number of nitrogens with one attached hydrogen (secondary N) is 1. The molecule has 1 N–H and O–H groups in total. The SMILES string of the molecule is CCOc1ccccc1C=Nn1c(-c2ccc(C(C)(C)C)cc2)n[nH]c1=S. The van der Waals surface area contributed by atoms with Crippen molar-refractivity contribution in [3.05, 3.63) is 64.4 Å². The minimum Gasteiger partial charge on any atom is -0.493 e. The third kappa shape index (κ3) is 4.34. The van der Waals surface area contributed by atoms with Crippen molar-refractivity contribution in [1.29, 1.82) is 0 Å². The quantitative estimate of drug-likeness (QED) is 0.490. The molecule has 0 bridgehead atoms. The number of aromatic amines is 1. The van der Waals surface area contributed by atoms with Crippen molar-refractivity contribution in [1.82, 2.24) is 14.9 Å². The van der Waals surface area contributed by atoms with Crippen LogP contribution in [0.25, 0.3) is 11.4 Å². The predicted octanol–water partition coefficient (Wildman–Crippen LogP) is 5.19. The minimum absolute atomic E-state index is 0.102. The Labute approximate surface area is 164 Å². The van der Waals surface area contributed by atoms with Gasteiger partial charge in [0.05, 0.1) is 12.8 Å². The first-order valence-electron chi connectivity index (χ1n) is 8.94. The monoisotopic (exact) mass is 380 g/mol. The lowest BCUT2D eigenvalue weighted by Crippen LogP contribution is -2.10. The summed E-state index contributed by atoms with van der Waals surface area (Å²) in [7, 11) is 0. The first-order valence-corrected chi connectivity index (χ1v) is 9.35. The molecule has 3 aromatic rings. The van der Waals surface area contributed by atoms with Crippen molar-refractivity contribution >= 4 is 18.4 Å². The van der Waals surface area contributed by atoms with Gasteiger partial charge in [0.15, 0.2) is 5.82 Å². The number of rotatable bonds is 5. The van der Waals surface area contributed by atoms with Gasteiger partial charge in [-0.25, -0.2) is 5.10 Å². The number of para-hydroxylation sites is 1. The summed E-state index contributed by atoms with van der Waals surface area (Å²) in [6.07, 6.45) is 1.74. The Hall–Kier alpha value is -2.73. The van der Waals surface area contributed by atoms with Crippen LogP contribution >= 0.6 is 12.2 Å². The van der Waals surface area contributed by atoms with E-state index in [1.165, 1.54) is 5.56 Å². The normalized spacial score (nSPS) is 11.9. The van der Waals surface area contributed by atoms with Crippen LogP contribution in [0.2, 0.25) is 0 Å². The van der Waals surface area contributed by atoms with Crippen molar-refractivity contribution in [2.75, 3.05) is 6.61 Å². The van der Waals surface area contributed by atoms with E-state index in [4.69, 9.17) is 17.0 Å². The van der Waals surface area contributed by atoms with Gasteiger partial charge in [0.2, 0.25) is 4.77 Å². The van der Waals surface area contributed by atoms with Crippen LogP contribution in [0.3, 0.4) is 0 Å². The molecular weight excluding hydrogens is 356 g/mol. The van der Waals surface area contributed by atoms with Crippen molar-refractivity contribution in [3.8, 4) is 17.1 Å². The van der Waals surface area contributed by atoms with E-state index in [9.17, 15) is 0 Å². The summed E-state index contributed by atoms with van der Waals surface area (Å²) in [6.45, 7) is 9.13. The molecule has 6 heteroatoms. The van der Waals surface area contributed by atoms with Crippen LogP contribution in [0, 0.1) is 4.77 Å². The lowest BCUT2D eigenvalue weighted by atomic mass is 9.87. The molecule has 1 aromatic heterocycles. The Bertz CT molecular complexity index is 994. The second kappa shape index (κ2) is 7.88. The third-order valence-corrected chi connectivity index (χ3v) is 4.45. The van der Waals surface area contributed by atoms with Crippen LogP contribution in [-0.4, -0.2) is 27.7 Å². The van der Waals surface area contributed by atoms with Gasteiger partial charge in [-0.2, -0.15) is 14.9 Å². The highest BCUT2D eigenvalue weighted by molar-refractivity contribution is 7.71. The first-order chi connectivity index (χ1) is 12.9. The molecule has 140 valence electrons.